The molecule has 0 fully saturated rings. The highest BCUT2D eigenvalue weighted by Crippen LogP contribution is 2.32. The fourth-order valence-electron chi connectivity index (χ4n) is 3.90. The van der Waals surface area contributed by atoms with Crippen LogP contribution in [0.15, 0.2) is 54.6 Å². The lowest BCUT2D eigenvalue weighted by Crippen LogP contribution is -3.00. The van der Waals surface area contributed by atoms with Gasteiger partial charge in [0.15, 0.2) is 5.82 Å². The number of nitrogens with zero attached hydrogens (tertiary/aromatic N) is 3. The van der Waals surface area contributed by atoms with Crippen molar-refractivity contribution in [2.45, 2.75) is 19.9 Å². The number of hydrogen-bond donors (Lipinski definition) is 1. The molecule has 0 bridgehead atoms. The number of benzene rings is 2. The molecule has 0 atom stereocenters. The Kier molecular flexibility index (Phi) is 4.68. The number of anilines is 1. The molecule has 3 heterocycles. The van der Waals surface area contributed by atoms with Crippen LogP contribution in [0.3, 0.4) is 0 Å². The van der Waals surface area contributed by atoms with Crippen molar-refractivity contribution in [3.63, 3.8) is 0 Å². The predicted octanol–water partition coefficient (Wildman–Crippen LogP) is 0.0583. The van der Waals surface area contributed by atoms with E-state index in [0.717, 1.165) is 42.5 Å². The molecule has 27 heavy (non-hydrogen) atoms. The van der Waals surface area contributed by atoms with Crippen molar-refractivity contribution in [1.29, 1.82) is 0 Å². The van der Waals surface area contributed by atoms with Crippen LogP contribution in [0.5, 0.6) is 0 Å². The molecule has 5 rings (SSSR count). The monoisotopic (exact) mass is 376 g/mol. The van der Waals surface area contributed by atoms with Crippen molar-refractivity contribution in [2.24, 2.45) is 0 Å². The maximum atomic E-state index is 4.82. The number of rotatable bonds is 2. The van der Waals surface area contributed by atoms with Crippen molar-refractivity contribution in [3.05, 3.63) is 82.8 Å². The zero-order valence-electron chi connectivity index (χ0n) is 15.2. The Balaban J connectivity index is 0.00000180. The van der Waals surface area contributed by atoms with Crippen LogP contribution in [0.2, 0.25) is 0 Å². The number of nitrogens with two attached hydrogens (primary N) is 1. The van der Waals surface area contributed by atoms with Crippen molar-refractivity contribution in [1.82, 2.24) is 9.97 Å². The second kappa shape index (κ2) is 7.14. The van der Waals surface area contributed by atoms with Gasteiger partial charge in [-0.2, -0.15) is 0 Å². The third-order valence-electron chi connectivity index (χ3n) is 5.20. The maximum Gasteiger partial charge on any atom is 0.203 e. The Bertz CT molecular complexity index is 1010. The molecular formula is C22H21ClN4. The minimum absolute atomic E-state index is 0. The Hall–Kier alpha value is -2.69. The van der Waals surface area contributed by atoms with E-state index in [1.165, 1.54) is 22.4 Å². The van der Waals surface area contributed by atoms with Crippen LogP contribution in [-0.4, -0.2) is 16.5 Å². The molecule has 0 aliphatic carbocycles. The van der Waals surface area contributed by atoms with Crippen LogP contribution in [0.25, 0.3) is 11.8 Å². The SMILES string of the molecule is Cc1nc2c(c(N3CCc4ccccc4C3)n1)[NH2+]C(c1ccccc1)=C2.[Cl-]. The zero-order valence-corrected chi connectivity index (χ0v) is 15.9. The van der Waals surface area contributed by atoms with Crippen molar-refractivity contribution < 1.29 is 17.7 Å². The highest BCUT2D eigenvalue weighted by Gasteiger charge is 2.29. The average Bonchev–Trinajstić information content (AvgIpc) is 3.11. The molecule has 5 heteroatoms. The van der Waals surface area contributed by atoms with E-state index in [1.807, 2.05) is 13.0 Å². The van der Waals surface area contributed by atoms with Crippen LogP contribution in [0.4, 0.5) is 11.5 Å². The predicted molar refractivity (Wildman–Crippen MR) is 104 cm³/mol. The van der Waals surface area contributed by atoms with Crippen molar-refractivity contribution >= 4 is 23.3 Å². The number of aromatic nitrogens is 2. The summed E-state index contributed by atoms with van der Waals surface area (Å²) in [5, 5.41) is 2.24. The summed E-state index contributed by atoms with van der Waals surface area (Å²) in [5.74, 6) is 1.89. The number of halogens is 1. The van der Waals surface area contributed by atoms with Gasteiger partial charge in [0.05, 0.1) is 0 Å². The number of quaternary nitrogens is 1. The smallest absolute Gasteiger partial charge is 0.203 e. The Labute approximate surface area is 165 Å². The van der Waals surface area contributed by atoms with E-state index in [9.17, 15) is 0 Å². The average molecular weight is 377 g/mol. The topological polar surface area (TPSA) is 45.6 Å². The van der Waals surface area contributed by atoms with Gasteiger partial charge in [0, 0.05) is 24.7 Å². The van der Waals surface area contributed by atoms with Gasteiger partial charge < -0.3 is 17.3 Å². The molecule has 2 N–H and O–H groups in total. The third-order valence-corrected chi connectivity index (χ3v) is 5.20. The Morgan fingerprint density at radius 3 is 2.48 bits per heavy atom. The van der Waals surface area contributed by atoms with Gasteiger partial charge in [-0.15, -0.1) is 0 Å². The summed E-state index contributed by atoms with van der Waals surface area (Å²) in [7, 11) is 0. The maximum absolute atomic E-state index is 4.82. The summed E-state index contributed by atoms with van der Waals surface area (Å²) in [4.78, 5) is 11.9. The molecule has 0 radical (unpaired) electrons. The molecule has 3 aromatic rings. The molecule has 0 unspecified atom stereocenters. The molecule has 2 aliphatic rings. The van der Waals surface area contributed by atoms with Crippen LogP contribution >= 0.6 is 0 Å². The lowest BCUT2D eigenvalue weighted by Gasteiger charge is -2.30. The van der Waals surface area contributed by atoms with Crippen LogP contribution in [0.1, 0.15) is 28.2 Å². The molecule has 0 spiro atoms. The fraction of sp³-hybridized carbons (Fsp3) is 0.182. The molecule has 2 aliphatic heterocycles. The molecule has 0 saturated carbocycles. The minimum atomic E-state index is 0. The molecule has 0 amide bonds. The van der Waals surface area contributed by atoms with Gasteiger partial charge >= 0.3 is 0 Å². The van der Waals surface area contributed by atoms with Gasteiger partial charge in [-0.1, -0.05) is 42.5 Å². The van der Waals surface area contributed by atoms with Crippen LogP contribution < -0.4 is 22.6 Å². The highest BCUT2D eigenvalue weighted by molar-refractivity contribution is 5.86. The van der Waals surface area contributed by atoms with Gasteiger partial charge in [-0.05, 0) is 36.6 Å². The number of aryl methyl sites for hydroxylation is 1. The summed E-state index contributed by atoms with van der Waals surface area (Å²) in [6.45, 7) is 3.89. The summed E-state index contributed by atoms with van der Waals surface area (Å²) in [6, 6.07) is 19.2. The van der Waals surface area contributed by atoms with E-state index in [1.54, 1.807) is 0 Å². The Morgan fingerprint density at radius 1 is 0.926 bits per heavy atom. The standard InChI is InChI=1S/C22H20N4.ClH/c1-15-23-20-13-19(17-8-3-2-4-9-17)25-21(20)22(24-15)26-12-11-16-7-5-6-10-18(16)14-26;/h2-10,13,25H,11-12,14H2,1H3;1H. The first-order chi connectivity index (χ1) is 12.8. The molecule has 1 aromatic heterocycles. The van der Waals surface area contributed by atoms with E-state index >= 15 is 0 Å². The first-order valence-electron chi connectivity index (χ1n) is 9.10. The summed E-state index contributed by atoms with van der Waals surface area (Å²) in [5.41, 5.74) is 7.47. The highest BCUT2D eigenvalue weighted by atomic mass is 35.5. The van der Waals surface area contributed by atoms with E-state index in [0.29, 0.717) is 0 Å². The summed E-state index contributed by atoms with van der Waals surface area (Å²) in [6.07, 6.45) is 3.24. The van der Waals surface area contributed by atoms with Crippen LogP contribution in [0, 0.1) is 6.92 Å². The van der Waals surface area contributed by atoms with E-state index in [-0.39, 0.29) is 12.4 Å². The van der Waals surface area contributed by atoms with E-state index < -0.39 is 0 Å². The molecule has 136 valence electrons. The van der Waals surface area contributed by atoms with Crippen molar-refractivity contribution in [2.75, 3.05) is 11.4 Å². The largest absolute Gasteiger partial charge is 1.00 e. The lowest BCUT2D eigenvalue weighted by atomic mass is 10.00. The first-order valence-corrected chi connectivity index (χ1v) is 9.10. The van der Waals surface area contributed by atoms with Gasteiger partial charge in [0.2, 0.25) is 5.69 Å². The Morgan fingerprint density at radius 2 is 1.67 bits per heavy atom. The number of hydrogen-bond acceptors (Lipinski definition) is 3. The zero-order chi connectivity index (χ0) is 17.5. The fourth-order valence-corrected chi connectivity index (χ4v) is 3.90. The normalized spacial score (nSPS) is 14.9. The lowest BCUT2D eigenvalue weighted by molar-refractivity contribution is -0.464. The molecule has 0 saturated heterocycles. The molecule has 4 nitrogen and oxygen atoms in total. The van der Waals surface area contributed by atoms with Crippen molar-refractivity contribution in [3.8, 4) is 0 Å². The summed E-state index contributed by atoms with van der Waals surface area (Å²) < 4.78 is 0. The second-order valence-corrected chi connectivity index (χ2v) is 6.94. The van der Waals surface area contributed by atoms with Gasteiger partial charge in [0.25, 0.3) is 0 Å². The molecule has 2 aromatic carbocycles. The minimum Gasteiger partial charge on any atom is -1.00 e. The second-order valence-electron chi connectivity index (χ2n) is 6.94. The van der Waals surface area contributed by atoms with Gasteiger partial charge in [-0.3, -0.25) is 5.32 Å². The van der Waals surface area contributed by atoms with Gasteiger partial charge in [0.1, 0.15) is 17.2 Å². The summed E-state index contributed by atoms with van der Waals surface area (Å²) >= 11 is 0. The van der Waals surface area contributed by atoms with Crippen LogP contribution in [-0.2, 0) is 13.0 Å². The quantitative estimate of drug-likeness (QED) is 0.688. The van der Waals surface area contributed by atoms with E-state index in [4.69, 9.17) is 4.98 Å². The third kappa shape index (κ3) is 3.22. The first kappa shape index (κ1) is 17.7. The van der Waals surface area contributed by atoms with Gasteiger partial charge in [-0.25, -0.2) is 9.97 Å². The molecular weight excluding hydrogens is 356 g/mol. The van der Waals surface area contributed by atoms with E-state index in [2.05, 4.69) is 69.8 Å². The number of fused-ring (bicyclic) bond motifs is 2.